The molecule has 3 atom stereocenters. The van der Waals surface area contributed by atoms with Crippen LogP contribution in [0.5, 0.6) is 5.75 Å². The first kappa shape index (κ1) is 22.5. The number of imide groups is 1. The standard InChI is InChI=1S/C26H23N3O6/c1-2-16-34-19-14-12-17(13-15-19)27-25(30)22-23(20-10-6-7-11-21(20)29(32)33)28(35-24(22)26(27)31)18-8-4-3-5-9-18/h3-15,22-24H,2,16H2,1H3/t22-,23-,24+/m1/s1. The van der Waals surface area contributed by atoms with Crippen LogP contribution in [0.2, 0.25) is 0 Å². The Labute approximate surface area is 201 Å². The van der Waals surface area contributed by atoms with Gasteiger partial charge < -0.3 is 4.74 Å². The number of ether oxygens (including phenoxy) is 1. The molecule has 2 fully saturated rings. The normalized spacial score (nSPS) is 21.3. The van der Waals surface area contributed by atoms with Crippen LogP contribution in [0.25, 0.3) is 0 Å². The highest BCUT2D eigenvalue weighted by Crippen LogP contribution is 2.49. The number of para-hydroxylation sites is 2. The smallest absolute Gasteiger partial charge is 0.274 e. The van der Waals surface area contributed by atoms with E-state index in [1.807, 2.05) is 13.0 Å². The van der Waals surface area contributed by atoms with Crippen LogP contribution in [0.3, 0.4) is 0 Å². The molecule has 0 bridgehead atoms. The molecule has 2 aliphatic heterocycles. The molecule has 9 heteroatoms. The van der Waals surface area contributed by atoms with Crippen LogP contribution in [-0.2, 0) is 14.4 Å². The molecule has 3 aromatic rings. The van der Waals surface area contributed by atoms with Crippen LogP contribution < -0.4 is 14.7 Å². The molecule has 0 radical (unpaired) electrons. The van der Waals surface area contributed by atoms with Crippen molar-refractivity contribution in [1.82, 2.24) is 0 Å². The van der Waals surface area contributed by atoms with Gasteiger partial charge in [-0.1, -0.05) is 37.3 Å². The van der Waals surface area contributed by atoms with Crippen LogP contribution in [-0.4, -0.2) is 29.4 Å². The summed E-state index contributed by atoms with van der Waals surface area (Å²) in [5.74, 6) is -1.30. The maximum absolute atomic E-state index is 13.7. The number of hydrogen-bond donors (Lipinski definition) is 0. The molecule has 0 aliphatic carbocycles. The molecule has 9 nitrogen and oxygen atoms in total. The largest absolute Gasteiger partial charge is 0.494 e. The summed E-state index contributed by atoms with van der Waals surface area (Å²) < 4.78 is 5.59. The van der Waals surface area contributed by atoms with Crippen molar-refractivity contribution in [2.75, 3.05) is 16.6 Å². The third kappa shape index (κ3) is 3.89. The number of carbonyl (C=O) groups excluding carboxylic acids is 2. The molecule has 0 unspecified atom stereocenters. The Morgan fingerprint density at radius 3 is 2.29 bits per heavy atom. The minimum absolute atomic E-state index is 0.140. The lowest BCUT2D eigenvalue weighted by Gasteiger charge is -2.28. The third-order valence-electron chi connectivity index (χ3n) is 6.15. The number of hydrogen-bond acceptors (Lipinski definition) is 7. The van der Waals surface area contributed by atoms with E-state index in [1.165, 1.54) is 11.1 Å². The topological polar surface area (TPSA) is 102 Å². The summed E-state index contributed by atoms with van der Waals surface area (Å²) in [5.41, 5.74) is 1.16. The van der Waals surface area contributed by atoms with E-state index in [-0.39, 0.29) is 5.69 Å². The van der Waals surface area contributed by atoms with Crippen LogP contribution in [0.4, 0.5) is 17.1 Å². The fraction of sp³-hybridized carbons (Fsp3) is 0.231. The Morgan fingerprint density at radius 2 is 1.60 bits per heavy atom. The van der Waals surface area contributed by atoms with Gasteiger partial charge >= 0.3 is 0 Å². The molecule has 35 heavy (non-hydrogen) atoms. The van der Waals surface area contributed by atoms with Crippen molar-refractivity contribution < 1.29 is 24.1 Å². The Bertz CT molecular complexity index is 1260. The fourth-order valence-corrected chi connectivity index (χ4v) is 4.60. The molecule has 0 spiro atoms. The van der Waals surface area contributed by atoms with Crippen molar-refractivity contribution >= 4 is 28.9 Å². The number of nitrogens with zero attached hydrogens (tertiary/aromatic N) is 3. The maximum atomic E-state index is 13.7. The van der Waals surface area contributed by atoms with Crippen molar-refractivity contribution in [1.29, 1.82) is 0 Å². The highest BCUT2D eigenvalue weighted by Gasteiger charge is 2.61. The van der Waals surface area contributed by atoms with E-state index >= 15 is 0 Å². The van der Waals surface area contributed by atoms with Crippen molar-refractivity contribution in [2.45, 2.75) is 25.5 Å². The molecule has 2 amide bonds. The summed E-state index contributed by atoms with van der Waals surface area (Å²) in [5, 5.41) is 13.3. The lowest BCUT2D eigenvalue weighted by molar-refractivity contribution is -0.385. The van der Waals surface area contributed by atoms with E-state index in [9.17, 15) is 19.7 Å². The third-order valence-corrected chi connectivity index (χ3v) is 6.15. The molecular formula is C26H23N3O6. The zero-order chi connectivity index (χ0) is 24.5. The van der Waals surface area contributed by atoms with E-state index in [4.69, 9.17) is 9.57 Å². The van der Waals surface area contributed by atoms with E-state index in [1.54, 1.807) is 66.7 Å². The van der Waals surface area contributed by atoms with Gasteiger partial charge in [0.25, 0.3) is 11.6 Å². The van der Waals surface area contributed by atoms with Gasteiger partial charge in [-0.2, -0.15) is 0 Å². The number of rotatable bonds is 7. The average molecular weight is 473 g/mol. The summed E-state index contributed by atoms with van der Waals surface area (Å²) in [4.78, 5) is 45.6. The van der Waals surface area contributed by atoms with Crippen molar-refractivity contribution in [3.8, 4) is 5.75 Å². The van der Waals surface area contributed by atoms with Gasteiger partial charge in [-0.15, -0.1) is 0 Å². The van der Waals surface area contributed by atoms with Crippen LogP contribution in [0.1, 0.15) is 24.9 Å². The highest BCUT2D eigenvalue weighted by atomic mass is 16.7. The van der Waals surface area contributed by atoms with Gasteiger partial charge in [0.2, 0.25) is 5.91 Å². The molecule has 178 valence electrons. The number of hydroxylamine groups is 1. The van der Waals surface area contributed by atoms with Gasteiger partial charge in [-0.3, -0.25) is 24.5 Å². The van der Waals surface area contributed by atoms with Gasteiger partial charge in [-0.25, -0.2) is 9.96 Å². The van der Waals surface area contributed by atoms with E-state index < -0.39 is 34.8 Å². The average Bonchev–Trinajstić information content (AvgIpc) is 3.39. The predicted molar refractivity (Wildman–Crippen MR) is 128 cm³/mol. The van der Waals surface area contributed by atoms with Crippen LogP contribution >= 0.6 is 0 Å². The number of benzene rings is 3. The van der Waals surface area contributed by atoms with Crippen molar-refractivity contribution in [2.24, 2.45) is 5.92 Å². The van der Waals surface area contributed by atoms with E-state index in [0.717, 1.165) is 11.3 Å². The maximum Gasteiger partial charge on any atom is 0.274 e. The van der Waals surface area contributed by atoms with Gasteiger partial charge in [0.1, 0.15) is 17.7 Å². The molecule has 2 heterocycles. The second-order valence-corrected chi connectivity index (χ2v) is 8.33. The quantitative estimate of drug-likeness (QED) is 0.284. The first-order chi connectivity index (χ1) is 17.0. The number of amides is 2. The number of nitro groups is 1. The first-order valence-electron chi connectivity index (χ1n) is 11.4. The number of carbonyl (C=O) groups is 2. The van der Waals surface area contributed by atoms with E-state index in [0.29, 0.717) is 29.3 Å². The minimum atomic E-state index is -1.11. The van der Waals surface area contributed by atoms with Crippen LogP contribution in [0, 0.1) is 16.0 Å². The molecule has 5 rings (SSSR count). The molecule has 0 saturated carbocycles. The summed E-state index contributed by atoms with van der Waals surface area (Å²) in [6, 6.07) is 21.0. The van der Waals surface area contributed by atoms with Crippen LogP contribution in [0.15, 0.2) is 78.9 Å². The second kappa shape index (κ2) is 9.19. The first-order valence-corrected chi connectivity index (χ1v) is 11.4. The van der Waals surface area contributed by atoms with Gasteiger partial charge in [0.05, 0.1) is 28.5 Å². The Morgan fingerprint density at radius 1 is 0.914 bits per heavy atom. The fourth-order valence-electron chi connectivity index (χ4n) is 4.60. The molecule has 0 aromatic heterocycles. The summed E-state index contributed by atoms with van der Waals surface area (Å²) in [7, 11) is 0. The molecule has 2 aliphatic rings. The zero-order valence-corrected chi connectivity index (χ0v) is 18.9. The summed E-state index contributed by atoms with van der Waals surface area (Å²) in [6.07, 6.45) is -0.250. The molecule has 0 N–H and O–H groups in total. The lowest BCUT2D eigenvalue weighted by atomic mass is 9.89. The summed E-state index contributed by atoms with van der Waals surface area (Å²) >= 11 is 0. The molecule has 3 aromatic carbocycles. The number of anilines is 2. The molecular weight excluding hydrogens is 450 g/mol. The zero-order valence-electron chi connectivity index (χ0n) is 18.9. The lowest BCUT2D eigenvalue weighted by Crippen LogP contribution is -2.37. The predicted octanol–water partition coefficient (Wildman–Crippen LogP) is 4.43. The number of nitro benzene ring substituents is 1. The SMILES string of the molecule is CCCOc1ccc(N2C(=O)[C@H]3[C@H](ON(c4ccccc4)[C@@H]3c3ccccc3[N+](=O)[O-])C2=O)cc1. The van der Waals surface area contributed by atoms with Gasteiger partial charge in [0, 0.05) is 6.07 Å². The Balaban J connectivity index is 1.55. The van der Waals surface area contributed by atoms with Crippen molar-refractivity contribution in [3.05, 3.63) is 94.5 Å². The van der Waals surface area contributed by atoms with Crippen molar-refractivity contribution in [3.63, 3.8) is 0 Å². The minimum Gasteiger partial charge on any atom is -0.494 e. The number of fused-ring (bicyclic) bond motifs is 1. The van der Waals surface area contributed by atoms with E-state index in [2.05, 4.69) is 0 Å². The monoisotopic (exact) mass is 473 g/mol. The van der Waals surface area contributed by atoms with Gasteiger partial charge in [-0.05, 0) is 48.9 Å². The summed E-state index contributed by atoms with van der Waals surface area (Å²) in [6.45, 7) is 2.56. The second-order valence-electron chi connectivity index (χ2n) is 8.33. The van der Waals surface area contributed by atoms with Gasteiger partial charge in [0.15, 0.2) is 6.10 Å². The Hall–Kier alpha value is -4.24. The Kier molecular flexibility index (Phi) is 5.92. The highest BCUT2D eigenvalue weighted by molar-refractivity contribution is 6.24. The molecule has 2 saturated heterocycles.